The summed E-state index contributed by atoms with van der Waals surface area (Å²) >= 11 is 0. The monoisotopic (exact) mass is 208 g/mol. The molecular formula is C12H20OSi. The van der Waals surface area contributed by atoms with Crippen LogP contribution in [-0.4, -0.2) is 10.5 Å². The Hall–Kier alpha value is -0.603. The zero-order valence-corrected chi connectivity index (χ0v) is 11.6. The molecule has 1 rings (SSSR count). The van der Waals surface area contributed by atoms with Gasteiger partial charge in [-0.1, -0.05) is 51.1 Å². The summed E-state index contributed by atoms with van der Waals surface area (Å²) in [5, 5.41) is 0. The minimum absolute atomic E-state index is 0.280. The number of rotatable bonds is 3. The van der Waals surface area contributed by atoms with Gasteiger partial charge in [0.2, 0.25) is 0 Å². The van der Waals surface area contributed by atoms with Crippen LogP contribution in [0.2, 0.25) is 0 Å². The molecule has 0 aliphatic carbocycles. The topological polar surface area (TPSA) is 9.23 Å². The lowest BCUT2D eigenvalue weighted by Gasteiger charge is -2.25. The summed E-state index contributed by atoms with van der Waals surface area (Å²) in [6.45, 7) is 6.76. The first-order valence-electron chi connectivity index (χ1n) is 5.11. The van der Waals surface area contributed by atoms with Crippen molar-refractivity contribution in [2.45, 2.75) is 33.3 Å². The average molecular weight is 208 g/mol. The van der Waals surface area contributed by atoms with Crippen LogP contribution in [0.4, 0.5) is 0 Å². The largest absolute Gasteiger partial charge is 0.421 e. The van der Waals surface area contributed by atoms with E-state index in [1.807, 2.05) is 6.07 Å². The Morgan fingerprint density at radius 3 is 2.21 bits per heavy atom. The predicted octanol–water partition coefficient (Wildman–Crippen LogP) is 2.46. The summed E-state index contributed by atoms with van der Waals surface area (Å²) in [4.78, 5) is 0. The molecule has 1 atom stereocenters. The molecule has 2 heteroatoms. The van der Waals surface area contributed by atoms with Gasteiger partial charge in [0.05, 0.1) is 6.10 Å². The summed E-state index contributed by atoms with van der Waals surface area (Å²) in [6, 6.07) is 10.5. The summed E-state index contributed by atoms with van der Waals surface area (Å²) < 4.78 is 5.65. The molecule has 1 unspecified atom stereocenters. The quantitative estimate of drug-likeness (QED) is 0.693. The third-order valence-electron chi connectivity index (χ3n) is 2.25. The first-order chi connectivity index (χ1) is 6.53. The van der Waals surface area contributed by atoms with E-state index in [1.54, 1.807) is 0 Å². The van der Waals surface area contributed by atoms with Gasteiger partial charge in [-0.15, -0.1) is 0 Å². The van der Waals surface area contributed by atoms with Gasteiger partial charge in [-0.25, -0.2) is 0 Å². The normalized spacial score (nSPS) is 14.2. The van der Waals surface area contributed by atoms with Crippen LogP contribution in [-0.2, 0) is 4.43 Å². The van der Waals surface area contributed by atoms with E-state index in [-0.39, 0.29) is 6.10 Å². The van der Waals surface area contributed by atoms with Crippen LogP contribution in [0.1, 0.15) is 38.9 Å². The Balaban J connectivity index is 2.73. The molecule has 0 heterocycles. The molecule has 0 radical (unpaired) electrons. The first kappa shape index (κ1) is 11.5. The fraction of sp³-hybridized carbons (Fsp3) is 0.500. The van der Waals surface area contributed by atoms with Crippen molar-refractivity contribution in [3.8, 4) is 0 Å². The molecule has 0 N–H and O–H groups in total. The molecular weight excluding hydrogens is 188 g/mol. The van der Waals surface area contributed by atoms with E-state index in [2.05, 4.69) is 45.0 Å². The molecule has 0 aliphatic rings. The summed E-state index contributed by atoms with van der Waals surface area (Å²) in [7, 11) is 0.800. The van der Waals surface area contributed by atoms with Crippen molar-refractivity contribution in [3.05, 3.63) is 35.9 Å². The van der Waals surface area contributed by atoms with E-state index in [9.17, 15) is 0 Å². The van der Waals surface area contributed by atoms with Crippen molar-refractivity contribution in [2.24, 2.45) is 5.41 Å². The molecule has 0 fully saturated rings. The van der Waals surface area contributed by atoms with Gasteiger partial charge in [0, 0.05) is 0 Å². The fourth-order valence-corrected chi connectivity index (χ4v) is 2.00. The molecule has 0 saturated heterocycles. The molecule has 78 valence electrons. The van der Waals surface area contributed by atoms with E-state index < -0.39 is 0 Å². The van der Waals surface area contributed by atoms with Gasteiger partial charge in [-0.2, -0.15) is 0 Å². The summed E-state index contributed by atoms with van der Waals surface area (Å²) in [6.07, 6.45) is 1.36. The molecule has 1 nitrogen and oxygen atoms in total. The Morgan fingerprint density at radius 1 is 1.21 bits per heavy atom. The van der Waals surface area contributed by atoms with Crippen molar-refractivity contribution in [2.75, 3.05) is 0 Å². The smallest absolute Gasteiger partial charge is 0.146 e. The lowest BCUT2D eigenvalue weighted by atomic mass is 9.87. The lowest BCUT2D eigenvalue weighted by molar-refractivity contribution is 0.158. The van der Waals surface area contributed by atoms with E-state index >= 15 is 0 Å². The molecule has 0 aromatic heterocycles. The minimum atomic E-state index is 0.280. The number of hydrogen-bond acceptors (Lipinski definition) is 1. The van der Waals surface area contributed by atoms with Crippen LogP contribution < -0.4 is 0 Å². The first-order valence-corrected chi connectivity index (χ1v) is 5.92. The maximum absolute atomic E-state index is 5.65. The Kier molecular flexibility index (Phi) is 3.90. The number of hydrogen-bond donors (Lipinski definition) is 0. The van der Waals surface area contributed by atoms with Gasteiger partial charge < -0.3 is 4.43 Å². The SMILES string of the molecule is CC(C)(C)CC(O[SiH3])c1ccccc1. The molecule has 1 aromatic rings. The Labute approximate surface area is 90.0 Å². The van der Waals surface area contributed by atoms with Crippen LogP contribution in [0.5, 0.6) is 0 Å². The highest BCUT2D eigenvalue weighted by atomic mass is 28.2. The average Bonchev–Trinajstić information content (AvgIpc) is 2.14. The van der Waals surface area contributed by atoms with Gasteiger partial charge in [0.1, 0.15) is 10.5 Å². The fourth-order valence-electron chi connectivity index (χ4n) is 1.56. The van der Waals surface area contributed by atoms with E-state index in [1.165, 1.54) is 5.56 Å². The lowest BCUT2D eigenvalue weighted by Crippen LogP contribution is -2.13. The third-order valence-corrected chi connectivity index (χ3v) is 2.82. The zero-order valence-electron chi connectivity index (χ0n) is 9.58. The maximum Gasteiger partial charge on any atom is 0.146 e. The van der Waals surface area contributed by atoms with Gasteiger partial charge in [-0.05, 0) is 17.4 Å². The van der Waals surface area contributed by atoms with E-state index in [0.717, 1.165) is 16.9 Å². The van der Waals surface area contributed by atoms with Gasteiger partial charge in [-0.3, -0.25) is 0 Å². The van der Waals surface area contributed by atoms with E-state index in [4.69, 9.17) is 4.43 Å². The van der Waals surface area contributed by atoms with Crippen molar-refractivity contribution in [3.63, 3.8) is 0 Å². The predicted molar refractivity (Wildman–Crippen MR) is 64.3 cm³/mol. The van der Waals surface area contributed by atoms with Gasteiger partial charge in [0.15, 0.2) is 0 Å². The second-order valence-electron chi connectivity index (χ2n) is 4.90. The van der Waals surface area contributed by atoms with Crippen molar-refractivity contribution < 1.29 is 4.43 Å². The third kappa shape index (κ3) is 3.64. The second kappa shape index (κ2) is 4.76. The van der Waals surface area contributed by atoms with Crippen molar-refractivity contribution in [1.82, 2.24) is 0 Å². The highest BCUT2D eigenvalue weighted by molar-refractivity contribution is 5.98. The highest BCUT2D eigenvalue weighted by Gasteiger charge is 2.18. The van der Waals surface area contributed by atoms with Crippen molar-refractivity contribution >= 4 is 10.5 Å². The van der Waals surface area contributed by atoms with Crippen molar-refractivity contribution in [1.29, 1.82) is 0 Å². The second-order valence-corrected chi connectivity index (χ2v) is 5.37. The number of benzene rings is 1. The molecule has 0 amide bonds. The molecule has 0 spiro atoms. The highest BCUT2D eigenvalue weighted by Crippen LogP contribution is 2.31. The molecule has 1 aromatic carbocycles. The standard InChI is InChI=1S/C12H20OSi/c1-12(2,3)9-11(13-14)10-7-5-4-6-8-10/h4-8,11H,9H2,1-3,14H3. The van der Waals surface area contributed by atoms with Crippen LogP contribution in [0.3, 0.4) is 0 Å². The summed E-state index contributed by atoms with van der Waals surface area (Å²) in [5.41, 5.74) is 1.63. The van der Waals surface area contributed by atoms with Crippen LogP contribution in [0, 0.1) is 5.41 Å². The Bertz CT molecular complexity index is 263. The maximum atomic E-state index is 5.65. The molecule has 0 bridgehead atoms. The molecule has 14 heavy (non-hydrogen) atoms. The molecule has 0 saturated carbocycles. The van der Waals surface area contributed by atoms with Crippen LogP contribution in [0.25, 0.3) is 0 Å². The van der Waals surface area contributed by atoms with E-state index in [0.29, 0.717) is 5.41 Å². The summed E-state index contributed by atoms with van der Waals surface area (Å²) in [5.74, 6) is 0. The molecule has 0 aliphatic heterocycles. The van der Waals surface area contributed by atoms with Crippen LogP contribution in [0.15, 0.2) is 30.3 Å². The van der Waals surface area contributed by atoms with Gasteiger partial charge >= 0.3 is 0 Å². The Morgan fingerprint density at radius 2 is 1.79 bits per heavy atom. The zero-order chi connectivity index (χ0) is 10.6. The van der Waals surface area contributed by atoms with Crippen LogP contribution >= 0.6 is 0 Å². The van der Waals surface area contributed by atoms with Gasteiger partial charge in [0.25, 0.3) is 0 Å². The minimum Gasteiger partial charge on any atom is -0.421 e.